The summed E-state index contributed by atoms with van der Waals surface area (Å²) >= 11 is 1.15. The first kappa shape index (κ1) is 18.7. The highest BCUT2D eigenvalue weighted by Gasteiger charge is 2.26. The molecular weight excluding hydrogens is 350 g/mol. The van der Waals surface area contributed by atoms with Crippen LogP contribution in [-0.4, -0.2) is 43.0 Å². The molecule has 0 atom stereocenters. The highest BCUT2D eigenvalue weighted by atomic mass is 32.1. The Morgan fingerprint density at radius 3 is 2.54 bits per heavy atom. The van der Waals surface area contributed by atoms with E-state index in [4.69, 9.17) is 0 Å². The predicted octanol–water partition coefficient (Wildman–Crippen LogP) is 2.25. The van der Waals surface area contributed by atoms with Crippen molar-refractivity contribution in [3.8, 4) is 0 Å². The summed E-state index contributed by atoms with van der Waals surface area (Å²) in [4.78, 5) is 31.8. The lowest BCUT2D eigenvalue weighted by Crippen LogP contribution is -2.40. The zero-order chi connectivity index (χ0) is 18.9. The van der Waals surface area contributed by atoms with Gasteiger partial charge in [0.25, 0.3) is 11.5 Å². The second-order valence-corrected chi connectivity index (χ2v) is 8.69. The van der Waals surface area contributed by atoms with E-state index >= 15 is 0 Å². The molecule has 26 heavy (non-hydrogen) atoms. The molecule has 3 heterocycles. The molecule has 0 unspecified atom stereocenters. The van der Waals surface area contributed by atoms with Crippen LogP contribution in [0.1, 0.15) is 54.7 Å². The van der Waals surface area contributed by atoms with E-state index < -0.39 is 0 Å². The largest absolute Gasteiger partial charge is 0.338 e. The first-order valence-corrected chi connectivity index (χ1v) is 9.68. The third-order valence-corrected chi connectivity index (χ3v) is 5.67. The van der Waals surface area contributed by atoms with Crippen molar-refractivity contribution < 1.29 is 4.79 Å². The van der Waals surface area contributed by atoms with Crippen molar-refractivity contribution in [2.24, 2.45) is 5.92 Å². The molecule has 0 spiro atoms. The van der Waals surface area contributed by atoms with Gasteiger partial charge in [0, 0.05) is 31.1 Å². The van der Waals surface area contributed by atoms with E-state index in [2.05, 4.69) is 14.6 Å². The van der Waals surface area contributed by atoms with E-state index in [0.717, 1.165) is 30.1 Å². The SMILES string of the molecule is Cc1nnsc1C(=O)N1CCC(Cn2cnc(C(C)(C)C)cc2=O)CC1. The van der Waals surface area contributed by atoms with Gasteiger partial charge < -0.3 is 4.90 Å². The molecule has 140 valence electrons. The van der Waals surface area contributed by atoms with Gasteiger partial charge in [-0.05, 0) is 37.2 Å². The molecule has 8 heteroatoms. The zero-order valence-electron chi connectivity index (χ0n) is 15.7. The van der Waals surface area contributed by atoms with Gasteiger partial charge in [0.1, 0.15) is 4.88 Å². The minimum absolute atomic E-state index is 0.00482. The number of nitrogens with zero attached hydrogens (tertiary/aromatic N) is 5. The molecule has 3 rings (SSSR count). The summed E-state index contributed by atoms with van der Waals surface area (Å²) in [6, 6.07) is 1.64. The van der Waals surface area contributed by atoms with Crippen LogP contribution in [-0.2, 0) is 12.0 Å². The summed E-state index contributed by atoms with van der Waals surface area (Å²) < 4.78 is 5.53. The van der Waals surface area contributed by atoms with Gasteiger partial charge in [0.15, 0.2) is 0 Å². The van der Waals surface area contributed by atoms with Crippen molar-refractivity contribution in [2.45, 2.75) is 52.5 Å². The second-order valence-electron chi connectivity index (χ2n) is 7.94. The van der Waals surface area contributed by atoms with Crippen molar-refractivity contribution in [3.63, 3.8) is 0 Å². The molecule has 0 radical (unpaired) electrons. The summed E-state index contributed by atoms with van der Waals surface area (Å²) in [6.45, 7) is 10.0. The number of hydrogen-bond acceptors (Lipinski definition) is 6. The second kappa shape index (κ2) is 7.26. The topological polar surface area (TPSA) is 81.0 Å². The zero-order valence-corrected chi connectivity index (χ0v) is 16.5. The number of amides is 1. The number of hydrogen-bond donors (Lipinski definition) is 0. The normalized spacial score (nSPS) is 16.1. The lowest BCUT2D eigenvalue weighted by molar-refractivity contribution is 0.0686. The highest BCUT2D eigenvalue weighted by molar-refractivity contribution is 7.07. The van der Waals surface area contributed by atoms with Gasteiger partial charge in [-0.3, -0.25) is 14.2 Å². The van der Waals surface area contributed by atoms with E-state index in [1.54, 1.807) is 17.0 Å². The standard InChI is InChI=1S/C18H25N5O2S/c1-12-16(26-21-20-12)17(25)22-7-5-13(6-8-22)10-23-11-19-14(9-15(23)24)18(2,3)4/h9,11,13H,5-8,10H2,1-4H3. The lowest BCUT2D eigenvalue weighted by atomic mass is 9.92. The van der Waals surface area contributed by atoms with E-state index in [1.807, 2.05) is 32.6 Å². The Bertz CT molecular complexity index is 844. The van der Waals surface area contributed by atoms with Crippen LogP contribution >= 0.6 is 11.5 Å². The maximum atomic E-state index is 12.5. The molecule has 1 saturated heterocycles. The monoisotopic (exact) mass is 375 g/mol. The van der Waals surface area contributed by atoms with Gasteiger partial charge in [-0.25, -0.2) is 4.98 Å². The number of aryl methyl sites for hydroxylation is 1. The summed E-state index contributed by atoms with van der Waals surface area (Å²) in [6.07, 6.45) is 3.42. The maximum absolute atomic E-state index is 12.5. The van der Waals surface area contributed by atoms with Crippen LogP contribution < -0.4 is 5.56 Å². The Morgan fingerprint density at radius 2 is 2.00 bits per heavy atom. The van der Waals surface area contributed by atoms with E-state index in [9.17, 15) is 9.59 Å². The van der Waals surface area contributed by atoms with Gasteiger partial charge in [-0.15, -0.1) is 5.10 Å². The minimum atomic E-state index is -0.131. The van der Waals surface area contributed by atoms with Crippen LogP contribution in [0.2, 0.25) is 0 Å². The summed E-state index contributed by atoms with van der Waals surface area (Å²) in [7, 11) is 0. The quantitative estimate of drug-likeness (QED) is 0.822. The summed E-state index contributed by atoms with van der Waals surface area (Å²) in [5.41, 5.74) is 1.37. The fourth-order valence-electron chi connectivity index (χ4n) is 3.14. The van der Waals surface area contributed by atoms with E-state index in [-0.39, 0.29) is 16.9 Å². The fraction of sp³-hybridized carbons (Fsp3) is 0.611. The number of carbonyl (C=O) groups excluding carboxylic acids is 1. The third-order valence-electron chi connectivity index (χ3n) is 4.85. The molecular formula is C18H25N5O2S. The lowest BCUT2D eigenvalue weighted by Gasteiger charge is -2.32. The Kier molecular flexibility index (Phi) is 5.22. The Morgan fingerprint density at radius 1 is 1.31 bits per heavy atom. The number of carbonyl (C=O) groups is 1. The van der Waals surface area contributed by atoms with Crippen molar-refractivity contribution in [1.29, 1.82) is 0 Å². The molecule has 1 aliphatic rings. The van der Waals surface area contributed by atoms with Crippen molar-refractivity contribution in [3.05, 3.63) is 39.0 Å². The highest BCUT2D eigenvalue weighted by Crippen LogP contribution is 2.22. The van der Waals surface area contributed by atoms with Crippen LogP contribution in [0.4, 0.5) is 0 Å². The van der Waals surface area contributed by atoms with Gasteiger partial charge in [0.05, 0.1) is 17.7 Å². The maximum Gasteiger partial charge on any atom is 0.267 e. The van der Waals surface area contributed by atoms with Gasteiger partial charge >= 0.3 is 0 Å². The van der Waals surface area contributed by atoms with E-state index in [1.165, 1.54) is 0 Å². The molecule has 1 aliphatic heterocycles. The molecule has 2 aromatic heterocycles. The third kappa shape index (κ3) is 4.00. The average molecular weight is 375 g/mol. The fourth-order valence-corrected chi connectivity index (χ4v) is 3.77. The first-order valence-electron chi connectivity index (χ1n) is 8.91. The Labute approximate surface area is 157 Å². The van der Waals surface area contributed by atoms with Crippen LogP contribution in [0.25, 0.3) is 0 Å². The Hall–Kier alpha value is -2.09. The molecule has 1 fully saturated rings. The number of aromatic nitrogens is 4. The average Bonchev–Trinajstić information content (AvgIpc) is 3.02. The number of likely N-dealkylation sites (tertiary alicyclic amines) is 1. The summed E-state index contributed by atoms with van der Waals surface area (Å²) in [5.74, 6) is 0.393. The number of rotatable bonds is 3. The van der Waals surface area contributed by atoms with Crippen molar-refractivity contribution in [2.75, 3.05) is 13.1 Å². The van der Waals surface area contributed by atoms with Crippen LogP contribution in [0, 0.1) is 12.8 Å². The Balaban J connectivity index is 1.60. The minimum Gasteiger partial charge on any atom is -0.338 e. The molecule has 0 saturated carbocycles. The van der Waals surface area contributed by atoms with Crippen LogP contribution in [0.5, 0.6) is 0 Å². The smallest absolute Gasteiger partial charge is 0.267 e. The van der Waals surface area contributed by atoms with Crippen LogP contribution in [0.15, 0.2) is 17.2 Å². The summed E-state index contributed by atoms with van der Waals surface area (Å²) in [5, 5.41) is 3.91. The molecule has 0 aliphatic carbocycles. The number of piperidine rings is 1. The molecule has 1 amide bonds. The molecule has 0 N–H and O–H groups in total. The van der Waals surface area contributed by atoms with Crippen LogP contribution in [0.3, 0.4) is 0 Å². The van der Waals surface area contributed by atoms with E-state index in [0.29, 0.717) is 36.1 Å². The van der Waals surface area contributed by atoms with Crippen molar-refractivity contribution in [1.82, 2.24) is 24.0 Å². The molecule has 2 aromatic rings. The van der Waals surface area contributed by atoms with Gasteiger partial charge in [-0.2, -0.15) is 0 Å². The van der Waals surface area contributed by atoms with Gasteiger partial charge in [-0.1, -0.05) is 25.3 Å². The predicted molar refractivity (Wildman–Crippen MR) is 100 cm³/mol. The molecule has 7 nitrogen and oxygen atoms in total. The molecule has 0 bridgehead atoms. The molecule has 0 aromatic carbocycles. The first-order chi connectivity index (χ1) is 12.3. The van der Waals surface area contributed by atoms with Gasteiger partial charge in [0.2, 0.25) is 0 Å². The van der Waals surface area contributed by atoms with Crippen molar-refractivity contribution >= 4 is 17.4 Å².